The van der Waals surface area contributed by atoms with Crippen molar-refractivity contribution in [2.75, 3.05) is 13.2 Å². The van der Waals surface area contributed by atoms with E-state index in [4.69, 9.17) is 16.3 Å². The van der Waals surface area contributed by atoms with Crippen LogP contribution in [0.2, 0.25) is 5.02 Å². The molecule has 21 heavy (non-hydrogen) atoms. The predicted octanol–water partition coefficient (Wildman–Crippen LogP) is 1.37. The maximum Gasteiger partial charge on any atom is 0.357 e. The minimum atomic E-state index is -0.796. The summed E-state index contributed by atoms with van der Waals surface area (Å²) in [4.78, 5) is 38.0. The molecular formula is C13H16ClN3O4. The van der Waals surface area contributed by atoms with Crippen molar-refractivity contribution < 1.29 is 19.1 Å². The fraction of sp³-hybridized carbons (Fsp3) is 0.385. The second-order valence-electron chi connectivity index (χ2n) is 4.59. The Labute approximate surface area is 127 Å². The largest absolute Gasteiger partial charge is 0.451 e. The van der Waals surface area contributed by atoms with Crippen molar-refractivity contribution in [1.82, 2.24) is 15.6 Å². The molecule has 8 heteroatoms. The van der Waals surface area contributed by atoms with E-state index in [1.165, 1.54) is 18.3 Å². The lowest BCUT2D eigenvalue weighted by Crippen LogP contribution is -2.42. The molecule has 0 saturated heterocycles. The fourth-order valence-electron chi connectivity index (χ4n) is 1.23. The molecule has 0 radical (unpaired) electrons. The fourth-order valence-corrected chi connectivity index (χ4v) is 1.38. The Balaban J connectivity index is 2.36. The van der Waals surface area contributed by atoms with Gasteiger partial charge in [0.2, 0.25) is 0 Å². The van der Waals surface area contributed by atoms with Gasteiger partial charge in [-0.15, -0.1) is 0 Å². The number of amides is 3. The van der Waals surface area contributed by atoms with Crippen molar-refractivity contribution in [3.63, 3.8) is 0 Å². The van der Waals surface area contributed by atoms with E-state index < -0.39 is 24.5 Å². The summed E-state index contributed by atoms with van der Waals surface area (Å²) in [5.74, 6) is -1.26. The van der Waals surface area contributed by atoms with Crippen molar-refractivity contribution in [2.24, 2.45) is 5.92 Å². The highest BCUT2D eigenvalue weighted by atomic mass is 35.5. The van der Waals surface area contributed by atoms with Crippen LogP contribution in [-0.4, -0.2) is 36.0 Å². The third-order valence-electron chi connectivity index (χ3n) is 2.19. The van der Waals surface area contributed by atoms with Crippen LogP contribution in [0.15, 0.2) is 18.3 Å². The molecule has 2 N–H and O–H groups in total. The lowest BCUT2D eigenvalue weighted by atomic mass is 10.2. The van der Waals surface area contributed by atoms with Gasteiger partial charge in [0, 0.05) is 17.8 Å². The van der Waals surface area contributed by atoms with Crippen LogP contribution in [0.4, 0.5) is 4.79 Å². The Morgan fingerprint density at radius 1 is 1.38 bits per heavy atom. The molecule has 0 unspecified atom stereocenters. The van der Waals surface area contributed by atoms with E-state index in [2.05, 4.69) is 10.3 Å². The van der Waals surface area contributed by atoms with Gasteiger partial charge in [0.1, 0.15) is 5.69 Å². The van der Waals surface area contributed by atoms with Crippen molar-refractivity contribution in [3.8, 4) is 0 Å². The van der Waals surface area contributed by atoms with Gasteiger partial charge in [-0.1, -0.05) is 25.4 Å². The van der Waals surface area contributed by atoms with E-state index in [1.54, 1.807) is 0 Å². The Morgan fingerprint density at radius 3 is 2.71 bits per heavy atom. The summed E-state index contributed by atoms with van der Waals surface area (Å²) in [5, 5.41) is 4.87. The topological polar surface area (TPSA) is 97.4 Å². The first-order valence-electron chi connectivity index (χ1n) is 6.25. The van der Waals surface area contributed by atoms with Crippen molar-refractivity contribution in [2.45, 2.75) is 13.8 Å². The first kappa shape index (κ1) is 16.9. The number of hydrogen-bond donors (Lipinski definition) is 2. The number of halogens is 1. The highest BCUT2D eigenvalue weighted by Crippen LogP contribution is 2.08. The number of hydrogen-bond acceptors (Lipinski definition) is 5. The number of urea groups is 1. The van der Waals surface area contributed by atoms with Gasteiger partial charge in [-0.3, -0.25) is 10.1 Å². The number of pyridine rings is 1. The molecule has 0 fully saturated rings. The summed E-state index contributed by atoms with van der Waals surface area (Å²) in [6.45, 7) is 3.69. The zero-order valence-electron chi connectivity index (χ0n) is 11.7. The normalized spacial score (nSPS) is 10.1. The molecule has 1 aromatic heterocycles. The van der Waals surface area contributed by atoms with Crippen LogP contribution in [0.1, 0.15) is 24.3 Å². The van der Waals surface area contributed by atoms with Gasteiger partial charge in [-0.25, -0.2) is 14.6 Å². The van der Waals surface area contributed by atoms with Crippen LogP contribution in [-0.2, 0) is 9.53 Å². The summed E-state index contributed by atoms with van der Waals surface area (Å²) in [6.07, 6.45) is 1.35. The molecule has 0 aliphatic rings. The van der Waals surface area contributed by atoms with Gasteiger partial charge in [-0.2, -0.15) is 0 Å². The molecule has 0 aromatic carbocycles. The molecule has 114 valence electrons. The van der Waals surface area contributed by atoms with Crippen LogP contribution in [0.3, 0.4) is 0 Å². The molecule has 1 rings (SSSR count). The number of aromatic nitrogens is 1. The first-order valence-corrected chi connectivity index (χ1v) is 6.62. The Hall–Kier alpha value is -2.15. The second kappa shape index (κ2) is 8.21. The Kier molecular flexibility index (Phi) is 6.61. The van der Waals surface area contributed by atoms with Gasteiger partial charge in [-0.05, 0) is 18.1 Å². The predicted molar refractivity (Wildman–Crippen MR) is 75.9 cm³/mol. The Morgan fingerprint density at radius 2 is 2.10 bits per heavy atom. The number of nitrogens with one attached hydrogen (secondary N) is 2. The first-order chi connectivity index (χ1) is 9.88. The lowest BCUT2D eigenvalue weighted by Gasteiger charge is -2.08. The third kappa shape index (κ3) is 6.71. The van der Waals surface area contributed by atoms with Gasteiger partial charge in [0.25, 0.3) is 5.91 Å². The van der Waals surface area contributed by atoms with Crippen LogP contribution < -0.4 is 10.6 Å². The monoisotopic (exact) mass is 313 g/mol. The number of imide groups is 1. The zero-order chi connectivity index (χ0) is 15.8. The Bertz CT molecular complexity index is 534. The van der Waals surface area contributed by atoms with Crippen LogP contribution >= 0.6 is 11.6 Å². The number of rotatable bonds is 5. The lowest BCUT2D eigenvalue weighted by molar-refractivity contribution is -0.123. The summed E-state index contributed by atoms with van der Waals surface area (Å²) in [6, 6.07) is 2.19. The summed E-state index contributed by atoms with van der Waals surface area (Å²) >= 11 is 5.70. The van der Waals surface area contributed by atoms with E-state index in [0.717, 1.165) is 0 Å². The molecule has 1 heterocycles. The van der Waals surface area contributed by atoms with Crippen LogP contribution in [0.25, 0.3) is 0 Å². The third-order valence-corrected chi connectivity index (χ3v) is 2.42. The van der Waals surface area contributed by atoms with Crippen molar-refractivity contribution in [3.05, 3.63) is 29.0 Å². The SMILES string of the molecule is CC(C)CNC(=O)NC(=O)COC(=O)c1cc(Cl)ccn1. The average Bonchev–Trinajstić information content (AvgIpc) is 2.42. The highest BCUT2D eigenvalue weighted by molar-refractivity contribution is 6.30. The molecule has 0 saturated carbocycles. The highest BCUT2D eigenvalue weighted by Gasteiger charge is 2.13. The summed E-state index contributed by atoms with van der Waals surface area (Å²) in [7, 11) is 0. The molecule has 0 aliphatic carbocycles. The minimum Gasteiger partial charge on any atom is -0.451 e. The molecular weight excluding hydrogens is 298 g/mol. The summed E-state index contributed by atoms with van der Waals surface area (Å²) < 4.78 is 4.72. The van der Waals surface area contributed by atoms with E-state index >= 15 is 0 Å². The van der Waals surface area contributed by atoms with Crippen LogP contribution in [0.5, 0.6) is 0 Å². The maximum absolute atomic E-state index is 11.6. The number of nitrogens with zero attached hydrogens (tertiary/aromatic N) is 1. The number of carbonyl (C=O) groups is 3. The van der Waals surface area contributed by atoms with E-state index in [0.29, 0.717) is 11.6 Å². The zero-order valence-corrected chi connectivity index (χ0v) is 12.4. The molecule has 1 aromatic rings. The minimum absolute atomic E-state index is 0.0143. The quantitative estimate of drug-likeness (QED) is 0.800. The molecule has 0 aliphatic heterocycles. The standard InChI is InChI=1S/C13H16ClN3O4/c1-8(2)6-16-13(20)17-11(18)7-21-12(19)10-5-9(14)3-4-15-10/h3-5,8H,6-7H2,1-2H3,(H2,16,17,18,20). The smallest absolute Gasteiger partial charge is 0.357 e. The van der Waals surface area contributed by atoms with Crippen LogP contribution in [0, 0.1) is 5.92 Å². The van der Waals surface area contributed by atoms with Gasteiger partial charge < -0.3 is 10.1 Å². The van der Waals surface area contributed by atoms with E-state index in [-0.39, 0.29) is 11.6 Å². The van der Waals surface area contributed by atoms with Gasteiger partial charge in [0.05, 0.1) is 0 Å². The number of esters is 1. The van der Waals surface area contributed by atoms with E-state index in [9.17, 15) is 14.4 Å². The van der Waals surface area contributed by atoms with Crippen molar-refractivity contribution >= 4 is 29.5 Å². The van der Waals surface area contributed by atoms with Crippen molar-refractivity contribution in [1.29, 1.82) is 0 Å². The number of carbonyl (C=O) groups excluding carboxylic acids is 3. The summed E-state index contributed by atoms with van der Waals surface area (Å²) in [5.41, 5.74) is -0.0143. The average molecular weight is 314 g/mol. The maximum atomic E-state index is 11.6. The van der Waals surface area contributed by atoms with E-state index in [1.807, 2.05) is 19.2 Å². The molecule has 0 spiro atoms. The number of ether oxygens (including phenoxy) is 1. The molecule has 0 bridgehead atoms. The molecule has 3 amide bonds. The molecule has 0 atom stereocenters. The van der Waals surface area contributed by atoms with Gasteiger partial charge >= 0.3 is 12.0 Å². The van der Waals surface area contributed by atoms with Gasteiger partial charge in [0.15, 0.2) is 6.61 Å². The molecule has 7 nitrogen and oxygen atoms in total. The second-order valence-corrected chi connectivity index (χ2v) is 5.02.